The molecular formula is C15H22ClN. The van der Waals surface area contributed by atoms with E-state index in [-0.39, 0.29) is 0 Å². The van der Waals surface area contributed by atoms with E-state index in [4.69, 9.17) is 11.6 Å². The van der Waals surface area contributed by atoms with Crippen LogP contribution in [0.2, 0.25) is 0 Å². The van der Waals surface area contributed by atoms with Crippen LogP contribution >= 0.6 is 11.6 Å². The molecule has 17 heavy (non-hydrogen) atoms. The predicted molar refractivity (Wildman–Crippen MR) is 74.6 cm³/mol. The summed E-state index contributed by atoms with van der Waals surface area (Å²) >= 11 is 5.84. The lowest BCUT2D eigenvalue weighted by atomic mass is 10.0. The summed E-state index contributed by atoms with van der Waals surface area (Å²) in [5.41, 5.74) is 4.62. The van der Waals surface area contributed by atoms with Crippen molar-refractivity contribution < 1.29 is 0 Å². The maximum atomic E-state index is 5.84. The second-order valence-electron chi connectivity index (χ2n) is 5.54. The molecule has 0 unspecified atom stereocenters. The molecule has 0 aromatic heterocycles. The van der Waals surface area contributed by atoms with Gasteiger partial charge in [0.05, 0.1) is 0 Å². The molecule has 0 atom stereocenters. The third-order valence-corrected chi connectivity index (χ3v) is 3.88. The molecule has 1 aromatic carbocycles. The molecule has 1 nitrogen and oxygen atoms in total. The quantitative estimate of drug-likeness (QED) is 0.759. The van der Waals surface area contributed by atoms with Crippen molar-refractivity contribution in [2.75, 3.05) is 12.4 Å². The van der Waals surface area contributed by atoms with Crippen LogP contribution in [-0.2, 0) is 6.54 Å². The minimum atomic E-state index is 0.528. The maximum absolute atomic E-state index is 5.84. The van der Waals surface area contributed by atoms with Crippen LogP contribution < -0.4 is 5.32 Å². The topological polar surface area (TPSA) is 12.0 Å². The largest absolute Gasteiger partial charge is 0.312 e. The number of hydrogen-bond donors (Lipinski definition) is 1. The molecule has 1 fully saturated rings. The standard InChI is InChI=1S/C15H22ClN/c1-12-7-13(2)9-14(8-12)10-17-11-15(3-4-15)5-6-16/h7-9,17H,3-6,10-11H2,1-2H3. The minimum Gasteiger partial charge on any atom is -0.312 e. The van der Waals surface area contributed by atoms with E-state index in [9.17, 15) is 0 Å². The van der Waals surface area contributed by atoms with E-state index in [1.54, 1.807) is 0 Å². The molecular weight excluding hydrogens is 230 g/mol. The van der Waals surface area contributed by atoms with Crippen LogP contribution in [0.25, 0.3) is 0 Å². The summed E-state index contributed by atoms with van der Waals surface area (Å²) in [5.74, 6) is 0.797. The van der Waals surface area contributed by atoms with Crippen LogP contribution in [0.5, 0.6) is 0 Å². The van der Waals surface area contributed by atoms with Gasteiger partial charge in [0.15, 0.2) is 0 Å². The first-order chi connectivity index (χ1) is 8.13. The fourth-order valence-electron chi connectivity index (χ4n) is 2.54. The molecule has 0 heterocycles. The average Bonchev–Trinajstić information content (AvgIpc) is 2.97. The summed E-state index contributed by atoms with van der Waals surface area (Å²) in [6.45, 7) is 6.41. The Hall–Kier alpha value is -0.530. The second-order valence-corrected chi connectivity index (χ2v) is 5.92. The van der Waals surface area contributed by atoms with Gasteiger partial charge in [-0.2, -0.15) is 0 Å². The number of rotatable bonds is 6. The van der Waals surface area contributed by atoms with Gasteiger partial charge in [0.25, 0.3) is 0 Å². The summed E-state index contributed by atoms with van der Waals surface area (Å²) in [6.07, 6.45) is 3.85. The summed E-state index contributed by atoms with van der Waals surface area (Å²) < 4.78 is 0. The monoisotopic (exact) mass is 251 g/mol. The van der Waals surface area contributed by atoms with Crippen LogP contribution in [0.1, 0.15) is 36.0 Å². The molecule has 1 aliphatic carbocycles. The SMILES string of the molecule is Cc1cc(C)cc(CNCC2(CCCl)CC2)c1. The zero-order chi connectivity index (χ0) is 12.3. The summed E-state index contributed by atoms with van der Waals surface area (Å²) in [6, 6.07) is 6.75. The highest BCUT2D eigenvalue weighted by Crippen LogP contribution is 2.48. The predicted octanol–water partition coefficient (Wildman–Crippen LogP) is 3.80. The Morgan fingerprint density at radius 3 is 2.35 bits per heavy atom. The zero-order valence-electron chi connectivity index (χ0n) is 10.9. The molecule has 0 aliphatic heterocycles. The highest BCUT2D eigenvalue weighted by molar-refractivity contribution is 6.17. The van der Waals surface area contributed by atoms with E-state index in [1.165, 1.54) is 29.5 Å². The van der Waals surface area contributed by atoms with Gasteiger partial charge in [0, 0.05) is 19.0 Å². The van der Waals surface area contributed by atoms with Crippen molar-refractivity contribution in [1.29, 1.82) is 0 Å². The fourth-order valence-corrected chi connectivity index (χ4v) is 2.94. The van der Waals surface area contributed by atoms with Crippen molar-refractivity contribution in [1.82, 2.24) is 5.32 Å². The number of nitrogens with one attached hydrogen (secondary N) is 1. The molecule has 0 radical (unpaired) electrons. The van der Waals surface area contributed by atoms with Crippen LogP contribution in [-0.4, -0.2) is 12.4 Å². The lowest BCUT2D eigenvalue weighted by molar-refractivity contribution is 0.445. The van der Waals surface area contributed by atoms with Crippen LogP contribution in [0.4, 0.5) is 0 Å². The van der Waals surface area contributed by atoms with Gasteiger partial charge in [-0.15, -0.1) is 11.6 Å². The van der Waals surface area contributed by atoms with E-state index in [0.29, 0.717) is 5.41 Å². The van der Waals surface area contributed by atoms with Crippen molar-refractivity contribution in [2.24, 2.45) is 5.41 Å². The smallest absolute Gasteiger partial charge is 0.0229 e. The Morgan fingerprint density at radius 2 is 1.82 bits per heavy atom. The Labute approximate surface area is 110 Å². The van der Waals surface area contributed by atoms with Gasteiger partial charge in [-0.1, -0.05) is 29.3 Å². The van der Waals surface area contributed by atoms with E-state index < -0.39 is 0 Å². The summed E-state index contributed by atoms with van der Waals surface area (Å²) in [7, 11) is 0. The van der Waals surface area contributed by atoms with Gasteiger partial charge < -0.3 is 5.32 Å². The van der Waals surface area contributed by atoms with Crippen LogP contribution in [0.3, 0.4) is 0 Å². The molecule has 0 bridgehead atoms. The van der Waals surface area contributed by atoms with E-state index in [1.807, 2.05) is 0 Å². The first kappa shape index (κ1) is 12.9. The second kappa shape index (κ2) is 5.41. The first-order valence-corrected chi connectivity index (χ1v) is 7.01. The molecule has 1 saturated carbocycles. The van der Waals surface area contributed by atoms with Crippen molar-refractivity contribution in [3.8, 4) is 0 Å². The molecule has 0 spiro atoms. The minimum absolute atomic E-state index is 0.528. The number of hydrogen-bond acceptors (Lipinski definition) is 1. The Morgan fingerprint density at radius 1 is 1.18 bits per heavy atom. The van der Waals surface area contributed by atoms with Gasteiger partial charge in [-0.25, -0.2) is 0 Å². The van der Waals surface area contributed by atoms with Gasteiger partial charge in [-0.05, 0) is 44.1 Å². The molecule has 2 rings (SSSR count). The normalized spacial score (nSPS) is 17.1. The van der Waals surface area contributed by atoms with Crippen molar-refractivity contribution in [3.63, 3.8) is 0 Å². The van der Waals surface area contributed by atoms with E-state index >= 15 is 0 Å². The number of alkyl halides is 1. The van der Waals surface area contributed by atoms with Gasteiger partial charge in [-0.3, -0.25) is 0 Å². The van der Waals surface area contributed by atoms with Crippen molar-refractivity contribution in [2.45, 2.75) is 39.7 Å². The number of halogens is 1. The van der Waals surface area contributed by atoms with Gasteiger partial charge in [0.2, 0.25) is 0 Å². The highest BCUT2D eigenvalue weighted by atomic mass is 35.5. The van der Waals surface area contributed by atoms with Gasteiger partial charge in [0.1, 0.15) is 0 Å². The molecule has 1 aliphatic rings. The lowest BCUT2D eigenvalue weighted by Gasteiger charge is -2.14. The highest BCUT2D eigenvalue weighted by Gasteiger charge is 2.40. The maximum Gasteiger partial charge on any atom is 0.0229 e. The van der Waals surface area contributed by atoms with E-state index in [0.717, 1.165) is 25.4 Å². The zero-order valence-corrected chi connectivity index (χ0v) is 11.6. The third-order valence-electron chi connectivity index (χ3n) is 3.69. The van der Waals surface area contributed by atoms with Crippen LogP contribution in [0, 0.1) is 19.3 Å². The molecule has 94 valence electrons. The van der Waals surface area contributed by atoms with Crippen LogP contribution in [0.15, 0.2) is 18.2 Å². The Kier molecular flexibility index (Phi) is 4.11. The first-order valence-electron chi connectivity index (χ1n) is 6.47. The third kappa shape index (κ3) is 3.72. The lowest BCUT2D eigenvalue weighted by Crippen LogP contribution is -2.24. The van der Waals surface area contributed by atoms with E-state index in [2.05, 4.69) is 37.4 Å². The molecule has 0 amide bonds. The fraction of sp³-hybridized carbons (Fsp3) is 0.600. The average molecular weight is 252 g/mol. The van der Waals surface area contributed by atoms with Gasteiger partial charge >= 0.3 is 0 Å². The number of aryl methyl sites for hydroxylation is 2. The summed E-state index contributed by atoms with van der Waals surface area (Å²) in [4.78, 5) is 0. The molecule has 2 heteroatoms. The van der Waals surface area contributed by atoms with Crippen molar-refractivity contribution in [3.05, 3.63) is 34.9 Å². The molecule has 0 saturated heterocycles. The Balaban J connectivity index is 1.82. The Bertz CT molecular complexity index is 362. The molecule has 1 N–H and O–H groups in total. The van der Waals surface area contributed by atoms with Crippen molar-refractivity contribution >= 4 is 11.6 Å². The molecule has 1 aromatic rings. The number of benzene rings is 1. The summed E-state index contributed by atoms with van der Waals surface area (Å²) in [5, 5.41) is 3.59.